The van der Waals surface area contributed by atoms with Crippen molar-refractivity contribution in [3.63, 3.8) is 0 Å². The largest absolute Gasteiger partial charge is 0.481 e. The van der Waals surface area contributed by atoms with E-state index in [9.17, 15) is 9.59 Å². The van der Waals surface area contributed by atoms with Gasteiger partial charge in [-0.3, -0.25) is 4.79 Å². The van der Waals surface area contributed by atoms with E-state index in [0.717, 1.165) is 38.0 Å². The third-order valence-electron chi connectivity index (χ3n) is 4.32. The first kappa shape index (κ1) is 15.5. The Labute approximate surface area is 124 Å². The van der Waals surface area contributed by atoms with Gasteiger partial charge < -0.3 is 15.7 Å². The van der Waals surface area contributed by atoms with Crippen LogP contribution in [0.1, 0.15) is 32.1 Å². The van der Waals surface area contributed by atoms with E-state index >= 15 is 0 Å². The van der Waals surface area contributed by atoms with E-state index in [1.807, 2.05) is 11.8 Å². The first-order valence-corrected chi connectivity index (χ1v) is 8.63. The first-order valence-electron chi connectivity index (χ1n) is 7.47. The summed E-state index contributed by atoms with van der Waals surface area (Å²) in [6.07, 6.45) is 4.47. The van der Waals surface area contributed by atoms with Gasteiger partial charge in [0, 0.05) is 13.1 Å². The van der Waals surface area contributed by atoms with E-state index in [1.165, 1.54) is 12.2 Å². The molecule has 2 rings (SSSR count). The number of rotatable bonds is 5. The van der Waals surface area contributed by atoms with Crippen LogP contribution in [-0.2, 0) is 4.79 Å². The monoisotopic (exact) mass is 300 g/mol. The van der Waals surface area contributed by atoms with Gasteiger partial charge in [-0.25, -0.2) is 4.79 Å². The summed E-state index contributed by atoms with van der Waals surface area (Å²) in [5.74, 6) is 2.55. The van der Waals surface area contributed by atoms with Crippen LogP contribution in [0.15, 0.2) is 0 Å². The topological polar surface area (TPSA) is 78.4 Å². The molecule has 2 aliphatic rings. The van der Waals surface area contributed by atoms with Crippen molar-refractivity contribution in [2.45, 2.75) is 32.1 Å². The Balaban J connectivity index is 1.56. The molecule has 1 saturated carbocycles. The zero-order valence-corrected chi connectivity index (χ0v) is 12.6. The SMILES string of the molecule is O=C(NCC1CCC(C(=O)O)CC1)NCC1CCSC1. The maximum atomic E-state index is 11.7. The minimum Gasteiger partial charge on any atom is -0.481 e. The van der Waals surface area contributed by atoms with Crippen LogP contribution in [0.2, 0.25) is 0 Å². The molecule has 20 heavy (non-hydrogen) atoms. The normalized spacial score (nSPS) is 29.9. The zero-order valence-electron chi connectivity index (χ0n) is 11.8. The number of thioether (sulfide) groups is 1. The van der Waals surface area contributed by atoms with Gasteiger partial charge in [-0.2, -0.15) is 11.8 Å². The maximum Gasteiger partial charge on any atom is 0.314 e. The van der Waals surface area contributed by atoms with Crippen molar-refractivity contribution < 1.29 is 14.7 Å². The maximum absolute atomic E-state index is 11.7. The Morgan fingerprint density at radius 2 is 1.65 bits per heavy atom. The van der Waals surface area contributed by atoms with Crippen molar-refractivity contribution in [2.24, 2.45) is 17.8 Å². The Bertz CT molecular complexity index is 337. The quantitative estimate of drug-likeness (QED) is 0.725. The molecule has 0 bridgehead atoms. The highest BCUT2D eigenvalue weighted by Gasteiger charge is 2.26. The molecule has 1 aliphatic heterocycles. The van der Waals surface area contributed by atoms with E-state index in [1.54, 1.807) is 0 Å². The molecule has 1 aliphatic carbocycles. The lowest BCUT2D eigenvalue weighted by molar-refractivity contribution is -0.143. The van der Waals surface area contributed by atoms with Gasteiger partial charge in [-0.05, 0) is 55.4 Å². The zero-order chi connectivity index (χ0) is 14.4. The van der Waals surface area contributed by atoms with Crippen molar-refractivity contribution >= 4 is 23.8 Å². The van der Waals surface area contributed by atoms with Gasteiger partial charge in [0.25, 0.3) is 0 Å². The van der Waals surface area contributed by atoms with E-state index in [-0.39, 0.29) is 11.9 Å². The van der Waals surface area contributed by atoms with E-state index in [2.05, 4.69) is 10.6 Å². The molecule has 1 atom stereocenters. The molecular weight excluding hydrogens is 276 g/mol. The number of carboxylic acids is 1. The van der Waals surface area contributed by atoms with Crippen LogP contribution >= 0.6 is 11.8 Å². The smallest absolute Gasteiger partial charge is 0.314 e. The summed E-state index contributed by atoms with van der Waals surface area (Å²) >= 11 is 1.95. The number of hydrogen-bond donors (Lipinski definition) is 3. The molecule has 114 valence electrons. The minimum absolute atomic E-state index is 0.0812. The number of hydrogen-bond acceptors (Lipinski definition) is 3. The third-order valence-corrected chi connectivity index (χ3v) is 5.55. The van der Waals surface area contributed by atoms with Gasteiger partial charge in [-0.1, -0.05) is 0 Å². The van der Waals surface area contributed by atoms with Crippen LogP contribution < -0.4 is 10.6 Å². The lowest BCUT2D eigenvalue weighted by Crippen LogP contribution is -2.41. The van der Waals surface area contributed by atoms with Gasteiger partial charge in [0.15, 0.2) is 0 Å². The Morgan fingerprint density at radius 3 is 2.20 bits per heavy atom. The summed E-state index contributed by atoms with van der Waals surface area (Å²) < 4.78 is 0. The molecule has 1 unspecified atom stereocenters. The molecule has 2 fully saturated rings. The minimum atomic E-state index is -0.677. The third kappa shape index (κ3) is 4.89. The lowest BCUT2D eigenvalue weighted by atomic mass is 9.82. The average molecular weight is 300 g/mol. The Morgan fingerprint density at radius 1 is 1.00 bits per heavy atom. The van der Waals surface area contributed by atoms with Crippen molar-refractivity contribution in [2.75, 3.05) is 24.6 Å². The molecule has 0 aromatic heterocycles. The molecule has 1 saturated heterocycles. The molecule has 0 aromatic rings. The molecule has 6 heteroatoms. The summed E-state index contributed by atoms with van der Waals surface area (Å²) in [7, 11) is 0. The molecular formula is C14H24N2O3S. The molecule has 2 amide bonds. The number of nitrogens with one attached hydrogen (secondary N) is 2. The van der Waals surface area contributed by atoms with E-state index in [4.69, 9.17) is 5.11 Å². The van der Waals surface area contributed by atoms with Gasteiger partial charge in [-0.15, -0.1) is 0 Å². The number of carboxylic acid groups (broad SMARTS) is 1. The average Bonchev–Trinajstić information content (AvgIpc) is 2.96. The Kier molecular flexibility index (Phi) is 6.01. The fraction of sp³-hybridized carbons (Fsp3) is 0.857. The van der Waals surface area contributed by atoms with Gasteiger partial charge in [0.05, 0.1) is 5.92 Å². The van der Waals surface area contributed by atoms with Gasteiger partial charge >= 0.3 is 12.0 Å². The van der Waals surface area contributed by atoms with Crippen LogP contribution in [0.4, 0.5) is 4.79 Å². The standard InChI is InChI=1S/C14H24N2O3S/c17-13(18)12-3-1-10(2-4-12)7-15-14(19)16-8-11-5-6-20-9-11/h10-12H,1-9H2,(H,17,18)(H2,15,16,19). The summed E-state index contributed by atoms with van der Waals surface area (Å²) in [5.41, 5.74) is 0. The highest BCUT2D eigenvalue weighted by atomic mass is 32.2. The second-order valence-electron chi connectivity index (χ2n) is 5.88. The number of carbonyl (C=O) groups excluding carboxylic acids is 1. The number of urea groups is 1. The van der Waals surface area contributed by atoms with E-state index in [0.29, 0.717) is 18.4 Å². The van der Waals surface area contributed by atoms with Crippen LogP contribution in [0.25, 0.3) is 0 Å². The number of aliphatic carboxylic acids is 1. The van der Waals surface area contributed by atoms with Crippen LogP contribution in [0, 0.1) is 17.8 Å². The predicted molar refractivity (Wildman–Crippen MR) is 79.9 cm³/mol. The van der Waals surface area contributed by atoms with Gasteiger partial charge in [0.2, 0.25) is 0 Å². The Hall–Kier alpha value is -0.910. The summed E-state index contributed by atoms with van der Waals surface area (Å²) in [5, 5.41) is 14.8. The highest BCUT2D eigenvalue weighted by molar-refractivity contribution is 7.99. The van der Waals surface area contributed by atoms with Crippen LogP contribution in [0.5, 0.6) is 0 Å². The summed E-state index contributed by atoms with van der Waals surface area (Å²) in [6.45, 7) is 1.43. The first-order chi connectivity index (χ1) is 9.65. The predicted octanol–water partition coefficient (Wildman–Crippen LogP) is 1.93. The summed E-state index contributed by atoms with van der Waals surface area (Å²) in [4.78, 5) is 22.5. The van der Waals surface area contributed by atoms with Crippen molar-refractivity contribution in [3.8, 4) is 0 Å². The second-order valence-corrected chi connectivity index (χ2v) is 7.03. The lowest BCUT2D eigenvalue weighted by Gasteiger charge is -2.26. The molecule has 3 N–H and O–H groups in total. The summed E-state index contributed by atoms with van der Waals surface area (Å²) in [6, 6.07) is -0.0812. The second kappa shape index (κ2) is 7.76. The molecule has 1 heterocycles. The highest BCUT2D eigenvalue weighted by Crippen LogP contribution is 2.28. The van der Waals surface area contributed by atoms with Crippen molar-refractivity contribution in [1.29, 1.82) is 0 Å². The number of amides is 2. The van der Waals surface area contributed by atoms with Crippen LogP contribution in [0.3, 0.4) is 0 Å². The molecule has 0 aromatic carbocycles. The fourth-order valence-corrected chi connectivity index (χ4v) is 4.18. The van der Waals surface area contributed by atoms with Crippen molar-refractivity contribution in [1.82, 2.24) is 10.6 Å². The van der Waals surface area contributed by atoms with Crippen LogP contribution in [-0.4, -0.2) is 41.7 Å². The number of carbonyl (C=O) groups is 2. The molecule has 0 radical (unpaired) electrons. The van der Waals surface area contributed by atoms with E-state index < -0.39 is 5.97 Å². The van der Waals surface area contributed by atoms with Gasteiger partial charge in [0.1, 0.15) is 0 Å². The van der Waals surface area contributed by atoms with Crippen molar-refractivity contribution in [3.05, 3.63) is 0 Å². The fourth-order valence-electron chi connectivity index (χ4n) is 2.89. The molecule has 5 nitrogen and oxygen atoms in total. The molecule has 0 spiro atoms.